The molecule has 0 saturated heterocycles. The van der Waals surface area contributed by atoms with E-state index in [1.54, 1.807) is 7.11 Å². The van der Waals surface area contributed by atoms with Crippen LogP contribution < -0.4 is 4.74 Å². The van der Waals surface area contributed by atoms with Gasteiger partial charge in [-0.1, -0.05) is 13.3 Å². The van der Waals surface area contributed by atoms with Crippen molar-refractivity contribution in [1.82, 2.24) is 4.57 Å². The van der Waals surface area contributed by atoms with Gasteiger partial charge in [-0.2, -0.15) is 0 Å². The number of fused-ring (bicyclic) bond motifs is 1. The molecule has 1 N–H and O–H groups in total. The zero-order valence-electron chi connectivity index (χ0n) is 10.4. The lowest BCUT2D eigenvalue weighted by Gasteiger charge is -2.04. The van der Waals surface area contributed by atoms with Crippen molar-refractivity contribution in [3.63, 3.8) is 0 Å². The van der Waals surface area contributed by atoms with Crippen LogP contribution in [0.15, 0.2) is 24.4 Å². The molecule has 17 heavy (non-hydrogen) atoms. The van der Waals surface area contributed by atoms with Crippen LogP contribution in [0.2, 0.25) is 0 Å². The molecule has 3 nitrogen and oxygen atoms in total. The van der Waals surface area contributed by atoms with Gasteiger partial charge in [0, 0.05) is 24.2 Å². The molecule has 0 fully saturated rings. The van der Waals surface area contributed by atoms with Crippen molar-refractivity contribution in [1.29, 1.82) is 0 Å². The van der Waals surface area contributed by atoms with Crippen molar-refractivity contribution in [3.05, 3.63) is 30.0 Å². The number of aliphatic hydroxyl groups excluding tert-OH is 1. The highest BCUT2D eigenvalue weighted by Gasteiger charge is 2.08. The van der Waals surface area contributed by atoms with Crippen molar-refractivity contribution < 1.29 is 9.84 Å². The largest absolute Gasteiger partial charge is 0.497 e. The van der Waals surface area contributed by atoms with Gasteiger partial charge < -0.3 is 14.4 Å². The maximum absolute atomic E-state index is 9.09. The van der Waals surface area contributed by atoms with Crippen LogP contribution in [0.1, 0.15) is 18.9 Å². The molecule has 3 heteroatoms. The lowest BCUT2D eigenvalue weighted by molar-refractivity contribution is 0.278. The third-order valence-corrected chi connectivity index (χ3v) is 3.03. The molecule has 0 aliphatic carbocycles. The molecule has 0 amide bonds. The monoisotopic (exact) mass is 233 g/mol. The van der Waals surface area contributed by atoms with Crippen LogP contribution in [0.4, 0.5) is 0 Å². The number of aromatic nitrogens is 1. The Morgan fingerprint density at radius 2 is 2.18 bits per heavy atom. The Labute approximate surface area is 102 Å². The van der Waals surface area contributed by atoms with Gasteiger partial charge in [0.25, 0.3) is 0 Å². The summed E-state index contributed by atoms with van der Waals surface area (Å²) in [6.07, 6.45) is 4.34. The summed E-state index contributed by atoms with van der Waals surface area (Å²) in [6.45, 7) is 2.97. The van der Waals surface area contributed by atoms with Gasteiger partial charge in [-0.3, -0.25) is 0 Å². The normalized spacial score (nSPS) is 11.0. The molecular weight excluding hydrogens is 214 g/mol. The molecule has 1 heterocycles. The number of aliphatic hydroxyl groups is 1. The second-order valence-electron chi connectivity index (χ2n) is 4.20. The van der Waals surface area contributed by atoms with E-state index in [2.05, 4.69) is 23.8 Å². The van der Waals surface area contributed by atoms with Gasteiger partial charge in [-0.25, -0.2) is 0 Å². The zero-order chi connectivity index (χ0) is 12.3. The SMILES string of the molecule is CCCc1cn(CCO)c2cc(OC)ccc12. The third-order valence-electron chi connectivity index (χ3n) is 3.03. The first-order chi connectivity index (χ1) is 8.30. The van der Waals surface area contributed by atoms with E-state index in [9.17, 15) is 0 Å². The quantitative estimate of drug-likeness (QED) is 0.861. The molecule has 0 aliphatic rings. The molecule has 0 unspecified atom stereocenters. The standard InChI is InChI=1S/C14H19NO2/c1-3-4-11-10-15(7-8-16)14-9-12(17-2)5-6-13(11)14/h5-6,9-10,16H,3-4,7-8H2,1-2H3. The highest BCUT2D eigenvalue weighted by molar-refractivity contribution is 5.85. The second-order valence-corrected chi connectivity index (χ2v) is 4.20. The number of hydrogen-bond acceptors (Lipinski definition) is 2. The Balaban J connectivity index is 2.54. The van der Waals surface area contributed by atoms with Gasteiger partial charge >= 0.3 is 0 Å². The van der Waals surface area contributed by atoms with Crippen molar-refractivity contribution in [2.24, 2.45) is 0 Å². The Morgan fingerprint density at radius 3 is 2.82 bits per heavy atom. The summed E-state index contributed by atoms with van der Waals surface area (Å²) in [6, 6.07) is 6.13. The maximum Gasteiger partial charge on any atom is 0.120 e. The number of ether oxygens (including phenoxy) is 1. The average molecular weight is 233 g/mol. The smallest absolute Gasteiger partial charge is 0.120 e. The molecule has 2 rings (SSSR count). The van der Waals surface area contributed by atoms with Gasteiger partial charge in [0.15, 0.2) is 0 Å². The first-order valence-electron chi connectivity index (χ1n) is 6.06. The van der Waals surface area contributed by atoms with Crippen LogP contribution in [0.3, 0.4) is 0 Å². The third kappa shape index (κ3) is 2.29. The van der Waals surface area contributed by atoms with Crippen molar-refractivity contribution in [2.75, 3.05) is 13.7 Å². The highest BCUT2D eigenvalue weighted by Crippen LogP contribution is 2.26. The molecule has 0 aliphatic heterocycles. The summed E-state index contributed by atoms with van der Waals surface area (Å²) in [5.74, 6) is 0.859. The lowest BCUT2D eigenvalue weighted by atomic mass is 10.1. The van der Waals surface area contributed by atoms with Gasteiger partial charge in [-0.05, 0) is 24.1 Å². The van der Waals surface area contributed by atoms with Crippen LogP contribution in [0, 0.1) is 0 Å². The van der Waals surface area contributed by atoms with E-state index < -0.39 is 0 Å². The van der Waals surface area contributed by atoms with Crippen LogP contribution in [-0.4, -0.2) is 23.4 Å². The predicted octanol–water partition coefficient (Wildman–Crippen LogP) is 2.59. The summed E-state index contributed by atoms with van der Waals surface area (Å²) >= 11 is 0. The summed E-state index contributed by atoms with van der Waals surface area (Å²) in [5.41, 5.74) is 2.49. The predicted molar refractivity (Wildman–Crippen MR) is 69.6 cm³/mol. The Bertz CT molecular complexity index is 502. The van der Waals surface area contributed by atoms with Gasteiger partial charge in [0.2, 0.25) is 0 Å². The van der Waals surface area contributed by atoms with Crippen LogP contribution in [0.25, 0.3) is 10.9 Å². The number of methoxy groups -OCH3 is 1. The Hall–Kier alpha value is -1.48. The van der Waals surface area contributed by atoms with E-state index >= 15 is 0 Å². The minimum absolute atomic E-state index is 0.159. The fourth-order valence-electron chi connectivity index (χ4n) is 2.24. The molecule has 1 aromatic heterocycles. The first-order valence-corrected chi connectivity index (χ1v) is 6.06. The van der Waals surface area contributed by atoms with E-state index in [0.717, 1.165) is 24.1 Å². The molecular formula is C14H19NO2. The maximum atomic E-state index is 9.09. The first kappa shape index (κ1) is 12.0. The van der Waals surface area contributed by atoms with Gasteiger partial charge in [0.05, 0.1) is 19.2 Å². The number of rotatable bonds is 5. The molecule has 92 valence electrons. The second kappa shape index (κ2) is 5.23. The molecule has 0 radical (unpaired) electrons. The zero-order valence-corrected chi connectivity index (χ0v) is 10.4. The van der Waals surface area contributed by atoms with E-state index in [1.807, 2.05) is 12.1 Å². The molecule has 0 bridgehead atoms. The van der Waals surface area contributed by atoms with Crippen LogP contribution in [0.5, 0.6) is 5.75 Å². The highest BCUT2D eigenvalue weighted by atomic mass is 16.5. The average Bonchev–Trinajstić information content (AvgIpc) is 2.68. The van der Waals surface area contributed by atoms with Gasteiger partial charge in [0.1, 0.15) is 5.75 Å². The fourth-order valence-corrected chi connectivity index (χ4v) is 2.24. The van der Waals surface area contributed by atoms with Gasteiger partial charge in [-0.15, -0.1) is 0 Å². The summed E-state index contributed by atoms with van der Waals surface area (Å²) in [5, 5.41) is 10.4. The van der Waals surface area contributed by atoms with Crippen molar-refractivity contribution in [3.8, 4) is 5.75 Å². The molecule has 0 spiro atoms. The number of hydrogen-bond donors (Lipinski definition) is 1. The topological polar surface area (TPSA) is 34.4 Å². The molecule has 1 aromatic carbocycles. The van der Waals surface area contributed by atoms with E-state index in [4.69, 9.17) is 9.84 Å². The van der Waals surface area contributed by atoms with Crippen molar-refractivity contribution in [2.45, 2.75) is 26.3 Å². The minimum atomic E-state index is 0.159. The molecule has 0 atom stereocenters. The van der Waals surface area contributed by atoms with Crippen LogP contribution >= 0.6 is 0 Å². The van der Waals surface area contributed by atoms with Crippen molar-refractivity contribution >= 4 is 10.9 Å². The van der Waals surface area contributed by atoms with E-state index in [0.29, 0.717) is 6.54 Å². The molecule has 2 aromatic rings. The summed E-state index contributed by atoms with van der Waals surface area (Å²) < 4.78 is 7.35. The Kier molecular flexibility index (Phi) is 3.69. The summed E-state index contributed by atoms with van der Waals surface area (Å²) in [7, 11) is 1.67. The fraction of sp³-hybridized carbons (Fsp3) is 0.429. The van der Waals surface area contributed by atoms with E-state index in [-0.39, 0.29) is 6.61 Å². The minimum Gasteiger partial charge on any atom is -0.497 e. The van der Waals surface area contributed by atoms with E-state index in [1.165, 1.54) is 10.9 Å². The Morgan fingerprint density at radius 1 is 1.35 bits per heavy atom. The molecule has 0 saturated carbocycles. The summed E-state index contributed by atoms with van der Waals surface area (Å²) in [4.78, 5) is 0. The lowest BCUT2D eigenvalue weighted by Crippen LogP contribution is -2.00. The number of nitrogens with zero attached hydrogens (tertiary/aromatic N) is 1. The number of benzene rings is 1. The van der Waals surface area contributed by atoms with Crippen LogP contribution in [-0.2, 0) is 13.0 Å². The number of aryl methyl sites for hydroxylation is 1.